The van der Waals surface area contributed by atoms with Crippen molar-refractivity contribution in [2.75, 3.05) is 57.5 Å². The van der Waals surface area contributed by atoms with E-state index in [0.717, 1.165) is 35.4 Å². The average molecular weight is 504 g/mol. The second kappa shape index (κ2) is 11.4. The van der Waals surface area contributed by atoms with Gasteiger partial charge < -0.3 is 14.2 Å². The van der Waals surface area contributed by atoms with E-state index < -0.39 is 0 Å². The number of amides is 1. The Bertz CT molecular complexity index is 1150. The van der Waals surface area contributed by atoms with E-state index >= 15 is 0 Å². The molecular formula is C25H30ClN3O4S. The molecular weight excluding hydrogens is 474 g/mol. The number of carbonyl (C=O) groups is 1. The van der Waals surface area contributed by atoms with Crippen LogP contribution in [0.4, 0.5) is 5.13 Å². The molecule has 34 heavy (non-hydrogen) atoms. The fourth-order valence-corrected chi connectivity index (χ4v) is 5.39. The van der Waals surface area contributed by atoms with Crippen LogP contribution in [0.15, 0.2) is 30.3 Å². The van der Waals surface area contributed by atoms with Crippen molar-refractivity contribution in [1.82, 2.24) is 9.88 Å². The number of rotatable bonds is 9. The molecule has 1 saturated heterocycles. The van der Waals surface area contributed by atoms with E-state index in [9.17, 15) is 4.79 Å². The maximum Gasteiger partial charge on any atom is 0.260 e. The Morgan fingerprint density at radius 2 is 1.88 bits per heavy atom. The third kappa shape index (κ3) is 5.63. The van der Waals surface area contributed by atoms with Gasteiger partial charge in [0, 0.05) is 36.8 Å². The van der Waals surface area contributed by atoms with Crippen molar-refractivity contribution in [3.63, 3.8) is 0 Å². The first kappa shape index (κ1) is 24.7. The number of hydrogen-bond donors (Lipinski definition) is 0. The average Bonchev–Trinajstić information content (AvgIpc) is 3.25. The highest BCUT2D eigenvalue weighted by Crippen LogP contribution is 2.35. The highest BCUT2D eigenvalue weighted by atomic mass is 35.5. The number of carbonyl (C=O) groups excluding carboxylic acids is 1. The monoisotopic (exact) mass is 503 g/mol. The molecule has 0 unspecified atom stereocenters. The number of thiazole rings is 1. The van der Waals surface area contributed by atoms with Gasteiger partial charge in [-0.05, 0) is 56.7 Å². The number of morpholine rings is 1. The summed E-state index contributed by atoms with van der Waals surface area (Å²) in [6.07, 6.45) is 0. The number of hydrogen-bond acceptors (Lipinski definition) is 7. The number of nitrogens with zero attached hydrogens (tertiary/aromatic N) is 3. The van der Waals surface area contributed by atoms with Crippen molar-refractivity contribution in [2.45, 2.75) is 20.8 Å². The zero-order valence-corrected chi connectivity index (χ0v) is 21.4. The Labute approximate surface area is 209 Å². The molecule has 9 heteroatoms. The van der Waals surface area contributed by atoms with Crippen LogP contribution in [0, 0.1) is 6.92 Å². The number of ether oxygens (including phenoxy) is 3. The molecule has 2 aromatic carbocycles. The van der Waals surface area contributed by atoms with Crippen LogP contribution in [0.2, 0.25) is 5.02 Å². The van der Waals surface area contributed by atoms with Gasteiger partial charge in [0.15, 0.2) is 16.6 Å². The molecule has 1 fully saturated rings. The molecule has 2 heterocycles. The maximum atomic E-state index is 13.8. The summed E-state index contributed by atoms with van der Waals surface area (Å²) in [5.41, 5.74) is 2.39. The van der Waals surface area contributed by atoms with E-state index in [0.29, 0.717) is 60.2 Å². The summed E-state index contributed by atoms with van der Waals surface area (Å²) >= 11 is 7.76. The van der Waals surface area contributed by atoms with Crippen molar-refractivity contribution in [1.29, 1.82) is 0 Å². The van der Waals surface area contributed by atoms with Gasteiger partial charge in [0.05, 0.1) is 36.6 Å². The zero-order chi connectivity index (χ0) is 24.1. The fraction of sp³-hybridized carbons (Fsp3) is 0.440. The summed E-state index contributed by atoms with van der Waals surface area (Å²) in [6, 6.07) is 9.14. The summed E-state index contributed by atoms with van der Waals surface area (Å²) in [5, 5.41) is 1.32. The highest BCUT2D eigenvalue weighted by Gasteiger charge is 2.24. The molecule has 1 amide bonds. The predicted molar refractivity (Wildman–Crippen MR) is 137 cm³/mol. The molecule has 1 aromatic heterocycles. The lowest BCUT2D eigenvalue weighted by Gasteiger charge is -2.29. The van der Waals surface area contributed by atoms with Gasteiger partial charge in [-0.25, -0.2) is 4.98 Å². The number of fused-ring (bicyclic) bond motifs is 1. The van der Waals surface area contributed by atoms with E-state index in [4.69, 9.17) is 30.8 Å². The summed E-state index contributed by atoms with van der Waals surface area (Å²) in [4.78, 5) is 22.7. The van der Waals surface area contributed by atoms with Crippen molar-refractivity contribution in [3.8, 4) is 11.5 Å². The maximum absolute atomic E-state index is 13.8. The summed E-state index contributed by atoms with van der Waals surface area (Å²) < 4.78 is 17.9. The van der Waals surface area contributed by atoms with Gasteiger partial charge in [0.2, 0.25) is 0 Å². The Balaban J connectivity index is 1.68. The minimum Gasteiger partial charge on any atom is -0.490 e. The van der Waals surface area contributed by atoms with E-state index in [1.165, 1.54) is 11.3 Å². The molecule has 0 aliphatic carbocycles. The molecule has 0 spiro atoms. The molecule has 0 atom stereocenters. The molecule has 1 aliphatic rings. The smallest absolute Gasteiger partial charge is 0.260 e. The Hall–Kier alpha value is -2.39. The topological polar surface area (TPSA) is 64.1 Å². The normalized spacial score (nSPS) is 14.4. The summed E-state index contributed by atoms with van der Waals surface area (Å²) in [6.45, 7) is 11.2. The van der Waals surface area contributed by atoms with Crippen LogP contribution in [0.5, 0.6) is 11.5 Å². The van der Waals surface area contributed by atoms with Crippen LogP contribution < -0.4 is 14.4 Å². The largest absolute Gasteiger partial charge is 0.490 e. The van der Waals surface area contributed by atoms with Gasteiger partial charge in [0.25, 0.3) is 5.91 Å². The second-order valence-electron chi connectivity index (χ2n) is 8.00. The van der Waals surface area contributed by atoms with Crippen LogP contribution in [0.1, 0.15) is 29.8 Å². The Morgan fingerprint density at radius 1 is 1.15 bits per heavy atom. The molecule has 3 aromatic rings. The predicted octanol–water partition coefficient (Wildman–Crippen LogP) is 5.03. The van der Waals surface area contributed by atoms with Crippen LogP contribution in [0.3, 0.4) is 0 Å². The van der Waals surface area contributed by atoms with Crippen molar-refractivity contribution in [3.05, 3.63) is 46.5 Å². The van der Waals surface area contributed by atoms with Gasteiger partial charge in [-0.2, -0.15) is 0 Å². The van der Waals surface area contributed by atoms with Gasteiger partial charge in [-0.3, -0.25) is 14.6 Å². The quantitative estimate of drug-likeness (QED) is 0.408. The SMILES string of the molecule is CCOc1ccc(C(=O)N(CCN2CCOCC2)c2nc3c(C)cc(Cl)cc3s2)cc1OCC. The second-order valence-corrected chi connectivity index (χ2v) is 9.45. The number of anilines is 1. The molecule has 0 bridgehead atoms. The lowest BCUT2D eigenvalue weighted by atomic mass is 10.1. The molecule has 4 rings (SSSR count). The van der Waals surface area contributed by atoms with Crippen LogP contribution in [-0.4, -0.2) is 68.4 Å². The fourth-order valence-electron chi connectivity index (χ4n) is 3.95. The number of aryl methyl sites for hydroxylation is 1. The number of benzene rings is 2. The Morgan fingerprint density at radius 3 is 2.62 bits per heavy atom. The van der Waals surface area contributed by atoms with Crippen molar-refractivity contribution >= 4 is 44.2 Å². The van der Waals surface area contributed by atoms with Gasteiger partial charge in [-0.15, -0.1) is 0 Å². The molecule has 0 saturated carbocycles. The lowest BCUT2D eigenvalue weighted by Crippen LogP contribution is -2.43. The van der Waals surface area contributed by atoms with Crippen LogP contribution in [0.25, 0.3) is 10.2 Å². The molecule has 0 N–H and O–H groups in total. The molecule has 182 valence electrons. The van der Waals surface area contributed by atoms with Gasteiger partial charge in [-0.1, -0.05) is 22.9 Å². The van der Waals surface area contributed by atoms with Crippen LogP contribution in [-0.2, 0) is 4.74 Å². The highest BCUT2D eigenvalue weighted by molar-refractivity contribution is 7.22. The Kier molecular flexibility index (Phi) is 8.26. The zero-order valence-electron chi connectivity index (χ0n) is 19.8. The molecule has 1 aliphatic heterocycles. The van der Waals surface area contributed by atoms with Crippen LogP contribution >= 0.6 is 22.9 Å². The first-order valence-corrected chi connectivity index (χ1v) is 12.8. The van der Waals surface area contributed by atoms with E-state index in [1.807, 2.05) is 32.9 Å². The summed E-state index contributed by atoms with van der Waals surface area (Å²) in [5.74, 6) is 1.07. The van der Waals surface area contributed by atoms with Crippen molar-refractivity contribution in [2.24, 2.45) is 0 Å². The van der Waals surface area contributed by atoms with Crippen molar-refractivity contribution < 1.29 is 19.0 Å². The standard InChI is InChI=1S/C25H30ClN3O4S/c1-4-32-20-7-6-18(15-21(20)33-5-2)24(30)29(9-8-28-10-12-31-13-11-28)25-27-23-17(3)14-19(26)16-22(23)34-25/h6-7,14-16H,4-5,8-13H2,1-3H3. The van der Waals surface area contributed by atoms with Gasteiger partial charge in [0.1, 0.15) is 0 Å². The minimum absolute atomic E-state index is 0.125. The van der Waals surface area contributed by atoms with E-state index in [-0.39, 0.29) is 5.91 Å². The molecule has 0 radical (unpaired) electrons. The van der Waals surface area contributed by atoms with E-state index in [2.05, 4.69) is 4.90 Å². The third-order valence-corrected chi connectivity index (χ3v) is 6.89. The summed E-state index contributed by atoms with van der Waals surface area (Å²) in [7, 11) is 0. The first-order valence-electron chi connectivity index (χ1n) is 11.6. The number of halogens is 1. The molecule has 7 nitrogen and oxygen atoms in total. The number of aromatic nitrogens is 1. The van der Waals surface area contributed by atoms with Gasteiger partial charge >= 0.3 is 0 Å². The minimum atomic E-state index is -0.125. The van der Waals surface area contributed by atoms with E-state index in [1.54, 1.807) is 23.1 Å². The first-order chi connectivity index (χ1) is 16.5. The third-order valence-electron chi connectivity index (χ3n) is 5.65. The lowest BCUT2D eigenvalue weighted by molar-refractivity contribution is 0.0391.